The van der Waals surface area contributed by atoms with E-state index in [1.807, 2.05) is 0 Å². The summed E-state index contributed by atoms with van der Waals surface area (Å²) in [6, 6.07) is 0. The molecule has 0 atom stereocenters. The van der Waals surface area contributed by atoms with E-state index in [4.69, 9.17) is 4.74 Å². The van der Waals surface area contributed by atoms with Crippen molar-refractivity contribution in [3.63, 3.8) is 0 Å². The van der Waals surface area contributed by atoms with Gasteiger partial charge in [-0.3, -0.25) is 0 Å². The Labute approximate surface area is 95.8 Å². The number of ether oxygens (including phenoxy) is 1. The van der Waals surface area contributed by atoms with Crippen molar-refractivity contribution in [3.8, 4) is 0 Å². The molecule has 0 saturated carbocycles. The number of nitrogens with one attached hydrogen (secondary N) is 1. The summed E-state index contributed by atoms with van der Waals surface area (Å²) in [5, 5.41) is 3.41. The molecule has 0 aromatic rings. The molecule has 0 rings (SSSR count). The van der Waals surface area contributed by atoms with Crippen molar-refractivity contribution in [3.05, 3.63) is 0 Å². The maximum absolute atomic E-state index is 5.55. The van der Waals surface area contributed by atoms with Crippen LogP contribution in [-0.4, -0.2) is 26.3 Å². The zero-order chi connectivity index (χ0) is 11.4. The van der Waals surface area contributed by atoms with Gasteiger partial charge >= 0.3 is 0 Å². The highest BCUT2D eigenvalue weighted by molar-refractivity contribution is 4.48. The molecule has 0 aliphatic carbocycles. The zero-order valence-electron chi connectivity index (χ0n) is 10.8. The lowest BCUT2D eigenvalue weighted by molar-refractivity contribution is 0.120. The summed E-state index contributed by atoms with van der Waals surface area (Å²) in [7, 11) is 0. The third-order valence-corrected chi connectivity index (χ3v) is 2.41. The van der Waals surface area contributed by atoms with E-state index >= 15 is 0 Å². The maximum Gasteiger partial charge on any atom is 0.0468 e. The molecule has 0 fully saturated rings. The van der Waals surface area contributed by atoms with Gasteiger partial charge in [0.25, 0.3) is 0 Å². The topological polar surface area (TPSA) is 21.3 Å². The first kappa shape index (κ1) is 14.9. The van der Waals surface area contributed by atoms with Gasteiger partial charge in [-0.1, -0.05) is 20.8 Å². The molecule has 1 N–H and O–H groups in total. The van der Waals surface area contributed by atoms with Gasteiger partial charge in [-0.2, -0.15) is 0 Å². The minimum atomic E-state index is 0.767. The van der Waals surface area contributed by atoms with Crippen LogP contribution in [0.25, 0.3) is 0 Å². The van der Waals surface area contributed by atoms with Gasteiger partial charge in [0.1, 0.15) is 0 Å². The molecule has 92 valence electrons. The summed E-state index contributed by atoms with van der Waals surface area (Å²) in [5.41, 5.74) is 0. The van der Waals surface area contributed by atoms with Crippen molar-refractivity contribution >= 4 is 0 Å². The van der Waals surface area contributed by atoms with Crippen LogP contribution in [0.5, 0.6) is 0 Å². The van der Waals surface area contributed by atoms with E-state index < -0.39 is 0 Å². The molecular formula is C13H29NO. The van der Waals surface area contributed by atoms with Gasteiger partial charge in [-0.15, -0.1) is 0 Å². The standard InChI is InChI=1S/C13H29NO/c1-4-9-14-10-6-5-7-11-15-12-8-13(2)3/h13-14H,4-12H2,1-3H3. The summed E-state index contributed by atoms with van der Waals surface area (Å²) >= 11 is 0. The fourth-order valence-electron chi connectivity index (χ4n) is 1.35. The van der Waals surface area contributed by atoms with Crippen LogP contribution in [0.4, 0.5) is 0 Å². The number of unbranched alkanes of at least 4 members (excludes halogenated alkanes) is 2. The Morgan fingerprint density at radius 2 is 1.80 bits per heavy atom. The van der Waals surface area contributed by atoms with E-state index in [0.29, 0.717) is 0 Å². The van der Waals surface area contributed by atoms with E-state index in [1.54, 1.807) is 0 Å². The van der Waals surface area contributed by atoms with Crippen molar-refractivity contribution in [2.75, 3.05) is 26.3 Å². The van der Waals surface area contributed by atoms with Crippen LogP contribution >= 0.6 is 0 Å². The third-order valence-electron chi connectivity index (χ3n) is 2.41. The molecule has 0 saturated heterocycles. The normalized spacial score (nSPS) is 11.2. The quantitative estimate of drug-likeness (QED) is 0.534. The van der Waals surface area contributed by atoms with Crippen molar-refractivity contribution in [2.24, 2.45) is 5.92 Å². The monoisotopic (exact) mass is 215 g/mol. The maximum atomic E-state index is 5.55. The molecule has 0 aliphatic heterocycles. The van der Waals surface area contributed by atoms with Crippen LogP contribution in [0, 0.1) is 5.92 Å². The van der Waals surface area contributed by atoms with E-state index in [0.717, 1.165) is 25.7 Å². The van der Waals surface area contributed by atoms with Crippen LogP contribution < -0.4 is 5.32 Å². The molecule has 15 heavy (non-hydrogen) atoms. The Morgan fingerprint density at radius 3 is 2.47 bits per heavy atom. The predicted octanol–water partition coefficient (Wildman–Crippen LogP) is 3.22. The highest BCUT2D eigenvalue weighted by Gasteiger charge is 1.94. The first-order valence-electron chi connectivity index (χ1n) is 6.55. The summed E-state index contributed by atoms with van der Waals surface area (Å²) in [5.74, 6) is 0.767. The Kier molecular flexibility index (Phi) is 11.9. The first-order valence-corrected chi connectivity index (χ1v) is 6.55. The summed E-state index contributed by atoms with van der Waals surface area (Å²) in [6.07, 6.45) is 6.22. The largest absolute Gasteiger partial charge is 0.381 e. The molecule has 0 aromatic carbocycles. The van der Waals surface area contributed by atoms with E-state index in [9.17, 15) is 0 Å². The minimum absolute atomic E-state index is 0.767. The van der Waals surface area contributed by atoms with Gasteiger partial charge < -0.3 is 10.1 Å². The van der Waals surface area contributed by atoms with Gasteiger partial charge in [0.15, 0.2) is 0 Å². The summed E-state index contributed by atoms with van der Waals surface area (Å²) in [6.45, 7) is 10.9. The fourth-order valence-corrected chi connectivity index (χ4v) is 1.35. The fraction of sp³-hybridized carbons (Fsp3) is 1.00. The Hall–Kier alpha value is -0.0800. The third kappa shape index (κ3) is 13.9. The molecule has 2 heteroatoms. The Morgan fingerprint density at radius 1 is 1.00 bits per heavy atom. The SMILES string of the molecule is CCCNCCCCCOCCC(C)C. The van der Waals surface area contributed by atoms with Gasteiger partial charge in [-0.05, 0) is 51.1 Å². The Bertz CT molecular complexity index is 115. The van der Waals surface area contributed by atoms with Gasteiger partial charge in [-0.25, -0.2) is 0 Å². The predicted molar refractivity (Wildman–Crippen MR) is 67.3 cm³/mol. The van der Waals surface area contributed by atoms with Crippen molar-refractivity contribution < 1.29 is 4.74 Å². The molecule has 0 amide bonds. The van der Waals surface area contributed by atoms with Gasteiger partial charge in [0.2, 0.25) is 0 Å². The molecular weight excluding hydrogens is 186 g/mol. The van der Waals surface area contributed by atoms with Crippen LogP contribution in [0.3, 0.4) is 0 Å². The lowest BCUT2D eigenvalue weighted by Crippen LogP contribution is -2.15. The second-order valence-electron chi connectivity index (χ2n) is 4.61. The van der Waals surface area contributed by atoms with Gasteiger partial charge in [0.05, 0.1) is 0 Å². The minimum Gasteiger partial charge on any atom is -0.381 e. The molecule has 0 aromatic heterocycles. The van der Waals surface area contributed by atoms with Crippen LogP contribution in [0.1, 0.15) is 52.9 Å². The highest BCUT2D eigenvalue weighted by Crippen LogP contribution is 2.00. The smallest absolute Gasteiger partial charge is 0.0468 e. The second kappa shape index (κ2) is 12.0. The van der Waals surface area contributed by atoms with Crippen molar-refractivity contribution in [2.45, 2.75) is 52.9 Å². The molecule has 0 spiro atoms. The number of rotatable bonds is 11. The molecule has 0 bridgehead atoms. The van der Waals surface area contributed by atoms with E-state index in [1.165, 1.54) is 38.6 Å². The van der Waals surface area contributed by atoms with Crippen LogP contribution in [0.15, 0.2) is 0 Å². The zero-order valence-corrected chi connectivity index (χ0v) is 10.8. The second-order valence-corrected chi connectivity index (χ2v) is 4.61. The molecule has 2 nitrogen and oxygen atoms in total. The lowest BCUT2D eigenvalue weighted by atomic mass is 10.1. The van der Waals surface area contributed by atoms with Crippen molar-refractivity contribution in [1.29, 1.82) is 0 Å². The van der Waals surface area contributed by atoms with Crippen LogP contribution in [-0.2, 0) is 4.74 Å². The first-order chi connectivity index (χ1) is 7.27. The highest BCUT2D eigenvalue weighted by atomic mass is 16.5. The number of hydrogen-bond donors (Lipinski definition) is 1. The Balaban J connectivity index is 2.87. The summed E-state index contributed by atoms with van der Waals surface area (Å²) in [4.78, 5) is 0. The molecule has 0 radical (unpaired) electrons. The average Bonchev–Trinajstić information content (AvgIpc) is 2.20. The van der Waals surface area contributed by atoms with E-state index in [2.05, 4.69) is 26.1 Å². The van der Waals surface area contributed by atoms with Crippen molar-refractivity contribution in [1.82, 2.24) is 5.32 Å². The van der Waals surface area contributed by atoms with Gasteiger partial charge in [0, 0.05) is 13.2 Å². The molecule has 0 unspecified atom stereocenters. The van der Waals surface area contributed by atoms with E-state index in [-0.39, 0.29) is 0 Å². The van der Waals surface area contributed by atoms with Crippen LogP contribution in [0.2, 0.25) is 0 Å². The number of hydrogen-bond acceptors (Lipinski definition) is 2. The molecule has 0 aliphatic rings. The lowest BCUT2D eigenvalue weighted by Gasteiger charge is -2.06. The summed E-state index contributed by atoms with van der Waals surface area (Å²) < 4.78 is 5.55. The molecule has 0 heterocycles. The average molecular weight is 215 g/mol.